The Bertz CT molecular complexity index is 924. The molecule has 0 N–H and O–H groups in total. The van der Waals surface area contributed by atoms with Gasteiger partial charge >= 0.3 is 0 Å². The molecule has 3 heteroatoms. The van der Waals surface area contributed by atoms with E-state index in [1.165, 1.54) is 28.1 Å². The highest BCUT2D eigenvalue weighted by Crippen LogP contribution is 2.55. The summed E-state index contributed by atoms with van der Waals surface area (Å²) in [5.41, 5.74) is 5.86. The number of hydrogen-bond donors (Lipinski definition) is 0. The molecule has 0 bridgehead atoms. The van der Waals surface area contributed by atoms with Crippen LogP contribution >= 0.6 is 0 Å². The lowest BCUT2D eigenvalue weighted by Gasteiger charge is -2.39. The molecule has 2 heterocycles. The molecule has 1 atom stereocenters. The Hall–Kier alpha value is -2.52. The zero-order chi connectivity index (χ0) is 19.9. The molecule has 4 rings (SSSR count). The van der Waals surface area contributed by atoms with Crippen molar-refractivity contribution in [1.82, 2.24) is 0 Å². The Kier molecular flexibility index (Phi) is 4.59. The molecule has 0 saturated carbocycles. The molecule has 0 amide bonds. The summed E-state index contributed by atoms with van der Waals surface area (Å²) in [6, 6.07) is 15.3. The molecule has 0 spiro atoms. The van der Waals surface area contributed by atoms with Crippen molar-refractivity contribution in [3.05, 3.63) is 77.4 Å². The van der Waals surface area contributed by atoms with Crippen LogP contribution in [0.4, 0.5) is 11.4 Å². The van der Waals surface area contributed by atoms with E-state index in [4.69, 9.17) is 4.74 Å². The number of fused-ring (bicyclic) bond motifs is 3. The average molecular weight is 375 g/mol. The number of aryl methyl sites for hydroxylation is 1. The molecule has 3 nitrogen and oxygen atoms in total. The minimum atomic E-state index is -0.414. The zero-order valence-electron chi connectivity index (χ0n) is 17.6. The summed E-state index contributed by atoms with van der Waals surface area (Å²) in [4.78, 5) is 4.54. The Balaban J connectivity index is 1.60. The first-order valence-corrected chi connectivity index (χ1v) is 10.0. The fraction of sp³-hybridized carbons (Fsp3) is 0.360. The van der Waals surface area contributed by atoms with Gasteiger partial charge in [-0.2, -0.15) is 0 Å². The number of allylic oxidation sites excluding steroid dienone is 2. The molecule has 0 radical (unpaired) electrons. The molecule has 2 aliphatic heterocycles. The van der Waals surface area contributed by atoms with Gasteiger partial charge in [0.25, 0.3) is 0 Å². The standard InChI is InChI=1S/C25H30N2O/c1-19-9-14-23-22(18-19)24(2,3)25(27(23)16-17-28-25)15-7-6-8-20-10-12-21(13-11-20)26(4)5/h6-15,18H,16-17H2,1-5H3/b8-6+,15-7+. The monoisotopic (exact) mass is 374 g/mol. The summed E-state index contributed by atoms with van der Waals surface area (Å²) in [6.45, 7) is 8.44. The SMILES string of the molecule is Cc1ccc2c(c1)C(C)(C)C1(/C=C/C=C/c3ccc(N(C)C)cc3)OCCN21. The highest BCUT2D eigenvalue weighted by atomic mass is 16.5. The van der Waals surface area contributed by atoms with E-state index in [1.54, 1.807) is 0 Å². The van der Waals surface area contributed by atoms with Crippen molar-refractivity contribution in [3.8, 4) is 0 Å². The topological polar surface area (TPSA) is 15.7 Å². The van der Waals surface area contributed by atoms with E-state index in [0.29, 0.717) is 0 Å². The van der Waals surface area contributed by atoms with Crippen LogP contribution in [0.15, 0.2) is 60.7 Å². The molecule has 1 saturated heterocycles. The molecular weight excluding hydrogens is 344 g/mol. The van der Waals surface area contributed by atoms with Crippen molar-refractivity contribution < 1.29 is 4.74 Å². The highest BCUT2D eigenvalue weighted by Gasteiger charge is 2.58. The van der Waals surface area contributed by atoms with E-state index in [1.807, 2.05) is 0 Å². The van der Waals surface area contributed by atoms with Gasteiger partial charge in [0.05, 0.1) is 6.61 Å². The van der Waals surface area contributed by atoms with Gasteiger partial charge in [0.15, 0.2) is 5.72 Å². The number of nitrogens with zero attached hydrogens (tertiary/aromatic N) is 2. The molecule has 2 aromatic carbocycles. The fourth-order valence-electron chi connectivity index (χ4n) is 4.52. The summed E-state index contributed by atoms with van der Waals surface area (Å²) in [5.74, 6) is 0. The maximum Gasteiger partial charge on any atom is 0.170 e. The smallest absolute Gasteiger partial charge is 0.170 e. The molecule has 28 heavy (non-hydrogen) atoms. The lowest BCUT2D eigenvalue weighted by molar-refractivity contribution is -0.000299. The third kappa shape index (κ3) is 2.85. The summed E-state index contributed by atoms with van der Waals surface area (Å²) < 4.78 is 6.40. The van der Waals surface area contributed by atoms with Crippen LogP contribution in [-0.2, 0) is 10.2 Å². The van der Waals surface area contributed by atoms with Crippen molar-refractivity contribution in [3.63, 3.8) is 0 Å². The largest absolute Gasteiger partial charge is 0.378 e. The quantitative estimate of drug-likeness (QED) is 0.688. The third-order valence-corrected chi connectivity index (χ3v) is 6.18. The third-order valence-electron chi connectivity index (χ3n) is 6.18. The minimum absolute atomic E-state index is 0.109. The number of hydrogen-bond acceptors (Lipinski definition) is 3. The van der Waals surface area contributed by atoms with E-state index < -0.39 is 5.72 Å². The summed E-state index contributed by atoms with van der Waals surface area (Å²) in [7, 11) is 4.12. The molecule has 146 valence electrons. The minimum Gasteiger partial charge on any atom is -0.378 e. The first-order valence-electron chi connectivity index (χ1n) is 10.0. The van der Waals surface area contributed by atoms with Gasteiger partial charge in [-0.05, 0) is 42.3 Å². The molecule has 2 aromatic rings. The van der Waals surface area contributed by atoms with Gasteiger partial charge in [0.1, 0.15) is 0 Å². The molecule has 0 aromatic heterocycles. The van der Waals surface area contributed by atoms with Crippen LogP contribution in [0.3, 0.4) is 0 Å². The van der Waals surface area contributed by atoms with Gasteiger partial charge in [-0.1, -0.05) is 61.9 Å². The van der Waals surface area contributed by atoms with E-state index in [9.17, 15) is 0 Å². The predicted molar refractivity (Wildman–Crippen MR) is 119 cm³/mol. The Morgan fingerprint density at radius 3 is 2.50 bits per heavy atom. The first kappa shape index (κ1) is 18.8. The number of benzene rings is 2. The Labute approximate surface area is 168 Å². The van der Waals surface area contributed by atoms with Crippen molar-refractivity contribution >= 4 is 17.5 Å². The van der Waals surface area contributed by atoms with E-state index >= 15 is 0 Å². The van der Waals surface area contributed by atoms with E-state index in [2.05, 4.69) is 111 Å². The van der Waals surface area contributed by atoms with Crippen LogP contribution in [0.5, 0.6) is 0 Å². The van der Waals surface area contributed by atoms with Crippen LogP contribution in [0.25, 0.3) is 6.08 Å². The van der Waals surface area contributed by atoms with Crippen LogP contribution in [0.1, 0.15) is 30.5 Å². The van der Waals surface area contributed by atoms with Crippen LogP contribution < -0.4 is 9.80 Å². The zero-order valence-corrected chi connectivity index (χ0v) is 17.6. The molecule has 0 aliphatic carbocycles. The second kappa shape index (κ2) is 6.82. The maximum absolute atomic E-state index is 6.40. The summed E-state index contributed by atoms with van der Waals surface area (Å²) >= 11 is 0. The number of anilines is 2. The van der Waals surface area contributed by atoms with Gasteiger partial charge in [0.2, 0.25) is 0 Å². The van der Waals surface area contributed by atoms with Gasteiger partial charge in [-0.15, -0.1) is 0 Å². The number of rotatable bonds is 4. The highest BCUT2D eigenvalue weighted by molar-refractivity contribution is 5.69. The normalized spacial score (nSPS) is 22.8. The molecule has 1 fully saturated rings. The van der Waals surface area contributed by atoms with Crippen LogP contribution in [0, 0.1) is 6.92 Å². The Morgan fingerprint density at radius 1 is 1.04 bits per heavy atom. The second-order valence-corrected chi connectivity index (χ2v) is 8.55. The second-order valence-electron chi connectivity index (χ2n) is 8.55. The first-order chi connectivity index (χ1) is 13.3. The number of ether oxygens (including phenoxy) is 1. The van der Waals surface area contributed by atoms with Gasteiger partial charge in [0, 0.05) is 37.4 Å². The average Bonchev–Trinajstić information content (AvgIpc) is 3.17. The summed E-state index contributed by atoms with van der Waals surface area (Å²) in [6.07, 6.45) is 8.63. The van der Waals surface area contributed by atoms with Crippen molar-refractivity contribution in [2.45, 2.75) is 31.9 Å². The van der Waals surface area contributed by atoms with Crippen molar-refractivity contribution in [2.24, 2.45) is 0 Å². The summed E-state index contributed by atoms with van der Waals surface area (Å²) in [5, 5.41) is 0. The van der Waals surface area contributed by atoms with Crippen molar-refractivity contribution in [2.75, 3.05) is 37.0 Å². The van der Waals surface area contributed by atoms with Crippen LogP contribution in [0.2, 0.25) is 0 Å². The lowest BCUT2D eigenvalue weighted by atomic mass is 9.77. The van der Waals surface area contributed by atoms with Gasteiger partial charge in [-0.25, -0.2) is 0 Å². The maximum atomic E-state index is 6.40. The van der Waals surface area contributed by atoms with Gasteiger partial charge < -0.3 is 14.5 Å². The van der Waals surface area contributed by atoms with E-state index in [0.717, 1.165) is 13.2 Å². The molecule has 2 aliphatic rings. The van der Waals surface area contributed by atoms with E-state index in [-0.39, 0.29) is 5.41 Å². The molecular formula is C25H30N2O. The van der Waals surface area contributed by atoms with Crippen LogP contribution in [-0.4, -0.2) is 33.0 Å². The Morgan fingerprint density at radius 2 is 1.79 bits per heavy atom. The fourth-order valence-corrected chi connectivity index (χ4v) is 4.52. The molecule has 1 unspecified atom stereocenters. The van der Waals surface area contributed by atoms with Crippen molar-refractivity contribution in [1.29, 1.82) is 0 Å². The predicted octanol–water partition coefficient (Wildman–Crippen LogP) is 5.15. The lowest BCUT2D eigenvalue weighted by Crippen LogP contribution is -2.51. The van der Waals surface area contributed by atoms with Gasteiger partial charge in [-0.3, -0.25) is 0 Å².